The minimum atomic E-state index is -3.95. The highest BCUT2D eigenvalue weighted by Gasteiger charge is 2.34. The van der Waals surface area contributed by atoms with Gasteiger partial charge in [0, 0.05) is 19.6 Å². The van der Waals surface area contributed by atoms with Gasteiger partial charge in [-0.1, -0.05) is 6.07 Å². The fraction of sp³-hybridized carbons (Fsp3) is 0.529. The fourth-order valence-corrected chi connectivity index (χ4v) is 5.68. The monoisotopic (exact) mass is 423 g/mol. The summed E-state index contributed by atoms with van der Waals surface area (Å²) in [6.45, 7) is 1.91. The molecule has 0 saturated carbocycles. The molecule has 28 heavy (non-hydrogen) atoms. The average Bonchev–Trinajstić information content (AvgIpc) is 3.35. The van der Waals surface area contributed by atoms with E-state index in [4.69, 9.17) is 0 Å². The number of benzene rings is 1. The zero-order valence-electron chi connectivity index (χ0n) is 15.2. The molecule has 2 aliphatic heterocycles. The third kappa shape index (κ3) is 3.74. The van der Waals surface area contributed by atoms with Gasteiger partial charge in [-0.2, -0.15) is 13.5 Å². The molecule has 9 nitrogen and oxygen atoms in total. The fourth-order valence-electron chi connectivity index (χ4n) is 3.69. The quantitative estimate of drug-likeness (QED) is 0.753. The van der Waals surface area contributed by atoms with Crippen LogP contribution in [0.5, 0.6) is 0 Å². The van der Waals surface area contributed by atoms with Crippen molar-refractivity contribution < 1.29 is 18.0 Å². The lowest BCUT2D eigenvalue weighted by atomic mass is 10.1. The number of sulfonamides is 1. The van der Waals surface area contributed by atoms with E-state index >= 15 is 0 Å². The SMILES string of the molecule is O=C(CN1CCC[C@H](NS(=O)(=O)c2cccc3nsnc23)C1=O)N1CCCC1. The Morgan fingerprint density at radius 1 is 1.18 bits per heavy atom. The Balaban J connectivity index is 1.48. The Kier molecular flexibility index (Phi) is 5.30. The number of amides is 2. The molecule has 1 N–H and O–H groups in total. The molecule has 150 valence electrons. The molecule has 2 aliphatic rings. The highest BCUT2D eigenvalue weighted by molar-refractivity contribution is 7.89. The van der Waals surface area contributed by atoms with Crippen molar-refractivity contribution in [2.45, 2.75) is 36.6 Å². The molecule has 1 atom stereocenters. The summed E-state index contributed by atoms with van der Waals surface area (Å²) in [4.78, 5) is 28.4. The van der Waals surface area contributed by atoms with Gasteiger partial charge < -0.3 is 9.80 Å². The van der Waals surface area contributed by atoms with Gasteiger partial charge in [0.1, 0.15) is 22.0 Å². The van der Waals surface area contributed by atoms with E-state index in [0.717, 1.165) is 37.7 Å². The molecular formula is C17H21N5O4S2. The Labute approximate surface area is 167 Å². The van der Waals surface area contributed by atoms with Gasteiger partial charge in [-0.15, -0.1) is 0 Å². The second-order valence-electron chi connectivity index (χ2n) is 7.05. The second-order valence-corrected chi connectivity index (χ2v) is 9.26. The summed E-state index contributed by atoms with van der Waals surface area (Å²) in [6, 6.07) is 3.86. The van der Waals surface area contributed by atoms with Gasteiger partial charge >= 0.3 is 0 Å². The molecule has 1 aromatic heterocycles. The van der Waals surface area contributed by atoms with Crippen LogP contribution in [-0.2, 0) is 19.6 Å². The van der Waals surface area contributed by atoms with Crippen LogP contribution in [0.1, 0.15) is 25.7 Å². The zero-order valence-corrected chi connectivity index (χ0v) is 16.8. The van der Waals surface area contributed by atoms with Crippen molar-refractivity contribution in [1.82, 2.24) is 23.3 Å². The predicted molar refractivity (Wildman–Crippen MR) is 103 cm³/mol. The van der Waals surface area contributed by atoms with E-state index in [1.165, 1.54) is 11.0 Å². The molecule has 0 radical (unpaired) electrons. The summed E-state index contributed by atoms with van der Waals surface area (Å²) in [6.07, 6.45) is 3.00. The molecule has 0 spiro atoms. The Morgan fingerprint density at radius 2 is 1.96 bits per heavy atom. The number of fused-ring (bicyclic) bond motifs is 1. The molecule has 2 saturated heterocycles. The molecule has 2 aromatic rings. The number of hydrogen-bond acceptors (Lipinski definition) is 7. The standard InChI is InChI=1S/C17H21N5O4S2/c23-15(21-8-1-2-9-21)11-22-10-4-6-13(17(22)24)20-28(25,26)14-7-3-5-12-16(14)19-27-18-12/h3,5,7,13,20H,1-2,4,6,8-11H2/t13-/m0/s1. The van der Waals surface area contributed by atoms with Gasteiger partial charge in [0.15, 0.2) is 0 Å². The van der Waals surface area contributed by atoms with Crippen molar-refractivity contribution >= 4 is 44.6 Å². The Morgan fingerprint density at radius 3 is 2.75 bits per heavy atom. The van der Waals surface area contributed by atoms with Crippen molar-refractivity contribution in [3.05, 3.63) is 18.2 Å². The minimum Gasteiger partial charge on any atom is -0.341 e. The maximum absolute atomic E-state index is 12.9. The van der Waals surface area contributed by atoms with Gasteiger partial charge in [0.25, 0.3) is 0 Å². The molecule has 1 aromatic carbocycles. The van der Waals surface area contributed by atoms with Gasteiger partial charge in [0.05, 0.1) is 18.3 Å². The van der Waals surface area contributed by atoms with Gasteiger partial charge in [-0.25, -0.2) is 8.42 Å². The van der Waals surface area contributed by atoms with Crippen LogP contribution >= 0.6 is 11.7 Å². The maximum Gasteiger partial charge on any atom is 0.243 e. The largest absolute Gasteiger partial charge is 0.341 e. The van der Waals surface area contributed by atoms with Crippen LogP contribution < -0.4 is 4.72 Å². The van der Waals surface area contributed by atoms with E-state index in [0.29, 0.717) is 30.4 Å². The van der Waals surface area contributed by atoms with Crippen molar-refractivity contribution in [2.24, 2.45) is 0 Å². The smallest absolute Gasteiger partial charge is 0.243 e. The Hall–Kier alpha value is -2.11. The summed E-state index contributed by atoms with van der Waals surface area (Å²) in [7, 11) is -3.95. The van der Waals surface area contributed by atoms with Crippen LogP contribution in [0.2, 0.25) is 0 Å². The normalized spacial score (nSPS) is 20.9. The van der Waals surface area contributed by atoms with Crippen LogP contribution in [-0.4, -0.2) is 71.0 Å². The number of nitrogens with zero attached hydrogens (tertiary/aromatic N) is 4. The van der Waals surface area contributed by atoms with E-state index < -0.39 is 16.1 Å². The number of likely N-dealkylation sites (tertiary alicyclic amines) is 2. The molecule has 0 unspecified atom stereocenters. The Bertz CT molecular complexity index is 1000. The van der Waals surface area contributed by atoms with Crippen LogP contribution in [0, 0.1) is 0 Å². The van der Waals surface area contributed by atoms with Crippen molar-refractivity contribution in [1.29, 1.82) is 0 Å². The first-order valence-corrected chi connectivity index (χ1v) is 11.5. The first-order valence-electron chi connectivity index (χ1n) is 9.26. The first kappa shape index (κ1) is 19.2. The summed E-state index contributed by atoms with van der Waals surface area (Å²) in [5, 5.41) is 0. The summed E-state index contributed by atoms with van der Waals surface area (Å²) in [5.74, 6) is -0.432. The average molecular weight is 424 g/mol. The number of piperidine rings is 1. The molecule has 4 rings (SSSR count). The van der Waals surface area contributed by atoms with E-state index in [-0.39, 0.29) is 23.3 Å². The number of nitrogens with one attached hydrogen (secondary N) is 1. The van der Waals surface area contributed by atoms with Crippen molar-refractivity contribution in [3.63, 3.8) is 0 Å². The highest BCUT2D eigenvalue weighted by Crippen LogP contribution is 2.22. The molecule has 3 heterocycles. The lowest BCUT2D eigenvalue weighted by Gasteiger charge is -2.33. The second kappa shape index (κ2) is 7.72. The van der Waals surface area contributed by atoms with E-state index in [9.17, 15) is 18.0 Å². The number of hydrogen-bond donors (Lipinski definition) is 1. The molecule has 0 bridgehead atoms. The third-order valence-corrected chi connectivity index (χ3v) is 7.20. The van der Waals surface area contributed by atoms with E-state index in [1.807, 2.05) is 0 Å². The molecule has 2 fully saturated rings. The van der Waals surface area contributed by atoms with Crippen molar-refractivity contribution in [2.75, 3.05) is 26.2 Å². The van der Waals surface area contributed by atoms with Crippen LogP contribution in [0.25, 0.3) is 11.0 Å². The molecular weight excluding hydrogens is 402 g/mol. The zero-order chi connectivity index (χ0) is 19.7. The molecule has 2 amide bonds. The van der Waals surface area contributed by atoms with Crippen molar-refractivity contribution in [3.8, 4) is 0 Å². The highest BCUT2D eigenvalue weighted by atomic mass is 32.2. The number of carbonyl (C=O) groups is 2. The molecule has 0 aliphatic carbocycles. The van der Waals surface area contributed by atoms with Gasteiger partial charge in [0.2, 0.25) is 21.8 Å². The van der Waals surface area contributed by atoms with Crippen LogP contribution in [0.15, 0.2) is 23.1 Å². The summed E-state index contributed by atoms with van der Waals surface area (Å²) in [5.41, 5.74) is 0.796. The maximum atomic E-state index is 12.9. The number of aromatic nitrogens is 2. The van der Waals surface area contributed by atoms with Gasteiger partial charge in [-0.3, -0.25) is 9.59 Å². The molecule has 11 heteroatoms. The lowest BCUT2D eigenvalue weighted by Crippen LogP contribution is -2.54. The topological polar surface area (TPSA) is 113 Å². The predicted octanol–water partition coefficient (Wildman–Crippen LogP) is 0.583. The summed E-state index contributed by atoms with van der Waals surface area (Å²) < 4.78 is 36.4. The van der Waals surface area contributed by atoms with Gasteiger partial charge in [-0.05, 0) is 37.8 Å². The summed E-state index contributed by atoms with van der Waals surface area (Å²) >= 11 is 0.939. The van der Waals surface area contributed by atoms with Crippen LogP contribution in [0.4, 0.5) is 0 Å². The number of rotatable bonds is 5. The number of carbonyl (C=O) groups excluding carboxylic acids is 2. The lowest BCUT2D eigenvalue weighted by molar-refractivity contribution is -0.142. The van der Waals surface area contributed by atoms with Crippen LogP contribution in [0.3, 0.4) is 0 Å². The third-order valence-electron chi connectivity index (χ3n) is 5.15. The first-order chi connectivity index (χ1) is 13.5. The van der Waals surface area contributed by atoms with E-state index in [1.54, 1.807) is 17.0 Å². The minimum absolute atomic E-state index is 0.00263. The van der Waals surface area contributed by atoms with E-state index in [2.05, 4.69) is 13.5 Å².